The van der Waals surface area contributed by atoms with Crippen molar-refractivity contribution in [2.75, 3.05) is 11.9 Å². The summed E-state index contributed by atoms with van der Waals surface area (Å²) in [5.74, 6) is 0.0201. The zero-order chi connectivity index (χ0) is 15.1. The van der Waals surface area contributed by atoms with Gasteiger partial charge in [0.1, 0.15) is 0 Å². The van der Waals surface area contributed by atoms with E-state index in [0.717, 1.165) is 27.3 Å². The molecule has 2 heterocycles. The predicted molar refractivity (Wildman–Crippen MR) is 90.2 cm³/mol. The predicted octanol–water partition coefficient (Wildman–Crippen LogP) is 3.22. The van der Waals surface area contributed by atoms with Crippen molar-refractivity contribution in [1.82, 2.24) is 15.5 Å². The number of amides is 1. The van der Waals surface area contributed by atoms with Crippen LogP contribution in [0.1, 0.15) is 25.1 Å². The molecule has 0 spiro atoms. The number of anilines is 1. The highest BCUT2D eigenvalue weighted by Gasteiger charge is 2.16. The van der Waals surface area contributed by atoms with Crippen molar-refractivity contribution >= 4 is 45.5 Å². The monoisotopic (exact) mass is 342 g/mol. The number of thioether (sulfide) groups is 1. The lowest BCUT2D eigenvalue weighted by molar-refractivity contribution is -0.120. The molecule has 21 heavy (non-hydrogen) atoms. The summed E-state index contributed by atoms with van der Waals surface area (Å²) in [6, 6.07) is 4.00. The molecule has 0 aromatic carbocycles. The van der Waals surface area contributed by atoms with Crippen molar-refractivity contribution in [3.63, 3.8) is 0 Å². The average molecular weight is 343 g/mol. The maximum Gasteiger partial charge on any atom is 0.233 e. The first-order valence-corrected chi connectivity index (χ1v) is 9.30. The van der Waals surface area contributed by atoms with Crippen LogP contribution in [0.15, 0.2) is 21.9 Å². The minimum absolute atomic E-state index is 0.0201. The normalized spacial score (nSPS) is 12.1. The first-order valence-electron chi connectivity index (χ1n) is 6.73. The lowest BCUT2D eigenvalue weighted by atomic mass is 10.4. The third-order valence-corrected chi connectivity index (χ3v) is 5.54. The minimum atomic E-state index is -0.183. The van der Waals surface area contributed by atoms with Crippen LogP contribution in [-0.2, 0) is 11.3 Å². The van der Waals surface area contributed by atoms with Gasteiger partial charge in [-0.05, 0) is 24.8 Å². The third kappa shape index (κ3) is 5.29. The highest BCUT2D eigenvalue weighted by Crippen LogP contribution is 2.28. The Morgan fingerprint density at radius 3 is 3.05 bits per heavy atom. The number of thiophene rings is 1. The van der Waals surface area contributed by atoms with Crippen LogP contribution >= 0.6 is 34.4 Å². The van der Waals surface area contributed by atoms with Crippen molar-refractivity contribution in [1.29, 1.82) is 0 Å². The molecular formula is C13H18N4OS3. The third-order valence-electron chi connectivity index (χ3n) is 2.60. The highest BCUT2D eigenvalue weighted by atomic mass is 32.2. The van der Waals surface area contributed by atoms with Gasteiger partial charge in [-0.1, -0.05) is 36.1 Å². The van der Waals surface area contributed by atoms with Crippen molar-refractivity contribution in [2.45, 2.75) is 36.4 Å². The van der Waals surface area contributed by atoms with Crippen LogP contribution in [0.3, 0.4) is 0 Å². The Morgan fingerprint density at radius 1 is 1.48 bits per heavy atom. The first-order chi connectivity index (χ1) is 10.2. The lowest BCUT2D eigenvalue weighted by Gasteiger charge is -2.09. The van der Waals surface area contributed by atoms with Gasteiger partial charge in [0.2, 0.25) is 11.0 Å². The molecule has 8 heteroatoms. The molecule has 0 aliphatic rings. The number of nitrogens with zero attached hydrogens (tertiary/aromatic N) is 2. The average Bonchev–Trinajstić information content (AvgIpc) is 3.14. The Bertz CT molecular complexity index is 556. The van der Waals surface area contributed by atoms with Gasteiger partial charge in [-0.25, -0.2) is 0 Å². The number of nitrogens with one attached hydrogen (secondary N) is 2. The number of carbonyl (C=O) groups excluding carboxylic acids is 1. The van der Waals surface area contributed by atoms with Gasteiger partial charge in [0.05, 0.1) is 11.8 Å². The van der Waals surface area contributed by atoms with Crippen LogP contribution in [0.5, 0.6) is 0 Å². The molecule has 2 aromatic rings. The van der Waals surface area contributed by atoms with Gasteiger partial charge < -0.3 is 10.6 Å². The van der Waals surface area contributed by atoms with Crippen molar-refractivity contribution in [3.05, 3.63) is 22.4 Å². The molecule has 2 N–H and O–H groups in total. The van der Waals surface area contributed by atoms with Gasteiger partial charge >= 0.3 is 0 Å². The van der Waals surface area contributed by atoms with E-state index in [2.05, 4.69) is 27.8 Å². The first kappa shape index (κ1) is 16.3. The van der Waals surface area contributed by atoms with Gasteiger partial charge in [0, 0.05) is 11.4 Å². The number of rotatable bonds is 8. The van der Waals surface area contributed by atoms with Crippen LogP contribution in [0.4, 0.5) is 5.13 Å². The van der Waals surface area contributed by atoms with Crippen molar-refractivity contribution in [3.8, 4) is 0 Å². The molecule has 0 fully saturated rings. The summed E-state index contributed by atoms with van der Waals surface area (Å²) < 4.78 is 0.812. The standard InChI is InChI=1S/C13H18N4OS3/c1-3-6-14-12-16-17-13(21-12)20-9(2)11(18)15-8-10-5-4-7-19-10/h4-5,7,9H,3,6,8H2,1-2H3,(H,14,16)(H,15,18). The minimum Gasteiger partial charge on any atom is -0.360 e. The molecule has 2 aromatic heterocycles. The molecule has 0 saturated carbocycles. The SMILES string of the molecule is CCCNc1nnc(SC(C)C(=O)NCc2cccs2)s1. The van der Waals surface area contributed by atoms with Crippen molar-refractivity contribution < 1.29 is 4.79 Å². The summed E-state index contributed by atoms with van der Waals surface area (Å²) >= 11 is 4.57. The van der Waals surface area contributed by atoms with E-state index in [1.807, 2.05) is 24.4 Å². The van der Waals surface area contributed by atoms with Crippen LogP contribution < -0.4 is 10.6 Å². The number of hydrogen-bond donors (Lipinski definition) is 2. The van der Waals surface area contributed by atoms with Crippen molar-refractivity contribution in [2.24, 2.45) is 0 Å². The van der Waals surface area contributed by atoms with E-state index >= 15 is 0 Å². The van der Waals surface area contributed by atoms with Gasteiger partial charge in [0.25, 0.3) is 0 Å². The fraction of sp³-hybridized carbons (Fsp3) is 0.462. The number of hydrogen-bond acceptors (Lipinski definition) is 7. The topological polar surface area (TPSA) is 66.9 Å². The van der Waals surface area contributed by atoms with E-state index in [-0.39, 0.29) is 11.2 Å². The fourth-order valence-electron chi connectivity index (χ4n) is 1.50. The summed E-state index contributed by atoms with van der Waals surface area (Å²) in [5.41, 5.74) is 0. The molecule has 0 bridgehead atoms. The fourth-order valence-corrected chi connectivity index (χ4v) is 4.09. The number of carbonyl (C=O) groups is 1. The van der Waals surface area contributed by atoms with Crippen LogP contribution in [0.25, 0.3) is 0 Å². The summed E-state index contributed by atoms with van der Waals surface area (Å²) in [4.78, 5) is 13.2. The largest absolute Gasteiger partial charge is 0.360 e. The maximum atomic E-state index is 12.0. The van der Waals surface area contributed by atoms with E-state index in [4.69, 9.17) is 0 Å². The zero-order valence-electron chi connectivity index (χ0n) is 12.0. The Labute approximate surface area is 136 Å². The summed E-state index contributed by atoms with van der Waals surface area (Å²) in [6.07, 6.45) is 1.05. The molecule has 0 aliphatic heterocycles. The van der Waals surface area contributed by atoms with E-state index in [0.29, 0.717) is 6.54 Å². The molecule has 0 radical (unpaired) electrons. The van der Waals surface area contributed by atoms with E-state index in [1.54, 1.807) is 11.3 Å². The molecule has 0 aliphatic carbocycles. The molecule has 0 saturated heterocycles. The van der Waals surface area contributed by atoms with Crippen LogP contribution in [-0.4, -0.2) is 27.9 Å². The quantitative estimate of drug-likeness (QED) is 0.721. The molecule has 114 valence electrons. The Morgan fingerprint density at radius 2 is 2.33 bits per heavy atom. The summed E-state index contributed by atoms with van der Waals surface area (Å²) in [5, 5.41) is 16.9. The van der Waals surface area contributed by atoms with Gasteiger partial charge in [-0.15, -0.1) is 21.5 Å². The Balaban J connectivity index is 1.78. The van der Waals surface area contributed by atoms with Gasteiger partial charge in [-0.3, -0.25) is 4.79 Å². The maximum absolute atomic E-state index is 12.0. The second-order valence-corrected chi connectivity index (χ2v) is 7.95. The number of aromatic nitrogens is 2. The highest BCUT2D eigenvalue weighted by molar-refractivity contribution is 8.02. The van der Waals surface area contributed by atoms with Crippen LogP contribution in [0, 0.1) is 0 Å². The summed E-state index contributed by atoms with van der Waals surface area (Å²) in [7, 11) is 0. The summed E-state index contributed by atoms with van der Waals surface area (Å²) in [6.45, 7) is 5.45. The molecule has 2 rings (SSSR count). The van der Waals surface area contributed by atoms with Gasteiger partial charge in [0.15, 0.2) is 4.34 Å². The van der Waals surface area contributed by atoms with E-state index in [9.17, 15) is 4.79 Å². The smallest absolute Gasteiger partial charge is 0.233 e. The Kier molecular flexibility index (Phi) is 6.47. The second-order valence-electron chi connectivity index (χ2n) is 4.36. The van der Waals surface area contributed by atoms with Gasteiger partial charge in [-0.2, -0.15) is 0 Å². The molecule has 5 nitrogen and oxygen atoms in total. The lowest BCUT2D eigenvalue weighted by Crippen LogP contribution is -2.30. The second kappa shape index (κ2) is 8.35. The molecule has 1 atom stereocenters. The Hall–Kier alpha value is -1.12. The van der Waals surface area contributed by atoms with Crippen LogP contribution in [0.2, 0.25) is 0 Å². The van der Waals surface area contributed by atoms with E-state index < -0.39 is 0 Å². The molecular weight excluding hydrogens is 324 g/mol. The molecule has 1 amide bonds. The molecule has 1 unspecified atom stereocenters. The zero-order valence-corrected chi connectivity index (χ0v) is 14.4. The van der Waals surface area contributed by atoms with E-state index in [1.165, 1.54) is 23.1 Å².